The normalized spacial score (nSPS) is 35.5. The predicted octanol–water partition coefficient (Wildman–Crippen LogP) is 4.25. The lowest BCUT2D eigenvalue weighted by molar-refractivity contribution is -0.0883. The van der Waals surface area contributed by atoms with Crippen LogP contribution in [0, 0.1) is 17.3 Å². The zero-order chi connectivity index (χ0) is 13.5. The monoisotopic (exact) mass is 260 g/mol. The van der Waals surface area contributed by atoms with E-state index in [9.17, 15) is 0 Å². The highest BCUT2D eigenvalue weighted by Gasteiger charge is 2.73. The Morgan fingerprint density at radius 2 is 1.89 bits per heavy atom. The van der Waals surface area contributed by atoms with E-state index in [1.165, 1.54) is 19.3 Å². The topological polar surface area (TPSA) is 18.5 Å². The highest BCUT2D eigenvalue weighted by atomic mass is 16.7. The van der Waals surface area contributed by atoms with Crippen molar-refractivity contribution in [3.8, 4) is 5.75 Å². The van der Waals surface area contributed by atoms with E-state index in [0.29, 0.717) is 12.2 Å². The van der Waals surface area contributed by atoms with Gasteiger partial charge in [0, 0.05) is 0 Å². The van der Waals surface area contributed by atoms with Crippen LogP contribution in [0.25, 0.3) is 0 Å². The third-order valence-electron chi connectivity index (χ3n) is 5.33. The molecule has 2 aliphatic rings. The molecule has 19 heavy (non-hydrogen) atoms. The van der Waals surface area contributed by atoms with E-state index in [0.717, 1.165) is 17.6 Å². The molecule has 3 atom stereocenters. The van der Waals surface area contributed by atoms with Crippen LogP contribution in [-0.2, 0) is 4.74 Å². The second-order valence-corrected chi connectivity index (χ2v) is 6.77. The Labute approximate surface area is 116 Å². The fourth-order valence-corrected chi connectivity index (χ4v) is 4.06. The van der Waals surface area contributed by atoms with Crippen LogP contribution in [-0.4, -0.2) is 12.4 Å². The average molecular weight is 260 g/mol. The maximum atomic E-state index is 6.21. The van der Waals surface area contributed by atoms with Crippen LogP contribution < -0.4 is 4.74 Å². The lowest BCUT2D eigenvalue weighted by Crippen LogP contribution is -2.29. The molecule has 1 aromatic carbocycles. The highest BCUT2D eigenvalue weighted by Crippen LogP contribution is 2.70. The molecule has 0 N–H and O–H groups in total. The molecule has 2 saturated carbocycles. The van der Waals surface area contributed by atoms with Gasteiger partial charge in [-0.3, -0.25) is 0 Å². The van der Waals surface area contributed by atoms with Crippen LogP contribution in [0.1, 0.15) is 40.0 Å². The maximum Gasteiger partial charge on any atom is 0.189 e. The van der Waals surface area contributed by atoms with E-state index in [1.807, 2.05) is 30.3 Å². The first-order chi connectivity index (χ1) is 9.06. The van der Waals surface area contributed by atoms with E-state index < -0.39 is 0 Å². The summed E-state index contributed by atoms with van der Waals surface area (Å²) in [6.45, 7) is 7.40. The summed E-state index contributed by atoms with van der Waals surface area (Å²) in [6, 6.07) is 9.91. The van der Waals surface area contributed by atoms with Crippen LogP contribution in [0.2, 0.25) is 0 Å². The molecule has 104 valence electrons. The Hall–Kier alpha value is -1.02. The Balaban J connectivity index is 1.60. The molecule has 0 spiro atoms. The quantitative estimate of drug-likeness (QED) is 0.753. The molecule has 2 nitrogen and oxygen atoms in total. The molecule has 0 radical (unpaired) electrons. The van der Waals surface area contributed by atoms with E-state index >= 15 is 0 Å². The fourth-order valence-electron chi connectivity index (χ4n) is 4.06. The van der Waals surface area contributed by atoms with Gasteiger partial charge in [0.25, 0.3) is 0 Å². The molecule has 0 saturated heterocycles. The summed E-state index contributed by atoms with van der Waals surface area (Å²) in [6.07, 6.45) is 3.83. The second kappa shape index (κ2) is 4.52. The molecule has 0 aromatic heterocycles. The fraction of sp³-hybridized carbons (Fsp3) is 0.647. The molecule has 2 fully saturated rings. The predicted molar refractivity (Wildman–Crippen MR) is 76.0 cm³/mol. The van der Waals surface area contributed by atoms with Crippen molar-refractivity contribution in [1.82, 2.24) is 0 Å². The largest absolute Gasteiger partial charge is 0.468 e. The Morgan fingerprint density at radius 1 is 1.16 bits per heavy atom. The molecule has 0 heterocycles. The van der Waals surface area contributed by atoms with Crippen molar-refractivity contribution in [2.45, 2.75) is 45.6 Å². The van der Waals surface area contributed by atoms with Crippen LogP contribution in [0.15, 0.2) is 30.3 Å². The standard InChI is InChI=1S/C17H24O2/c1-13-9-10-15-16(2,3)17(15,11-13)19-12-18-14-7-5-4-6-8-14/h4-8,13,15H,9-12H2,1-3H3. The molecule has 3 unspecified atom stereocenters. The van der Waals surface area contributed by atoms with Gasteiger partial charge < -0.3 is 9.47 Å². The smallest absolute Gasteiger partial charge is 0.189 e. The van der Waals surface area contributed by atoms with Crippen molar-refractivity contribution in [2.75, 3.05) is 6.79 Å². The van der Waals surface area contributed by atoms with E-state index in [2.05, 4.69) is 20.8 Å². The summed E-state index contributed by atoms with van der Waals surface area (Å²) in [5.74, 6) is 2.38. The highest BCUT2D eigenvalue weighted by molar-refractivity contribution is 5.23. The number of hydrogen-bond acceptors (Lipinski definition) is 2. The van der Waals surface area contributed by atoms with Gasteiger partial charge in [-0.15, -0.1) is 0 Å². The molecule has 0 aliphatic heterocycles. The van der Waals surface area contributed by atoms with Crippen molar-refractivity contribution in [2.24, 2.45) is 17.3 Å². The summed E-state index contributed by atoms with van der Waals surface area (Å²) in [7, 11) is 0. The van der Waals surface area contributed by atoms with Gasteiger partial charge in [0.05, 0.1) is 5.60 Å². The number of para-hydroxylation sites is 1. The zero-order valence-electron chi connectivity index (χ0n) is 12.2. The molecular formula is C17H24O2. The molecule has 3 rings (SSSR count). The molecular weight excluding hydrogens is 236 g/mol. The minimum atomic E-state index is 0.0689. The summed E-state index contributed by atoms with van der Waals surface area (Å²) < 4.78 is 11.9. The van der Waals surface area contributed by atoms with Crippen LogP contribution in [0.4, 0.5) is 0 Å². The maximum absolute atomic E-state index is 6.21. The minimum absolute atomic E-state index is 0.0689. The van der Waals surface area contributed by atoms with Gasteiger partial charge >= 0.3 is 0 Å². The zero-order valence-corrected chi connectivity index (χ0v) is 12.2. The molecule has 1 aromatic rings. The Morgan fingerprint density at radius 3 is 2.63 bits per heavy atom. The lowest BCUT2D eigenvalue weighted by atomic mass is 9.88. The Bertz CT molecular complexity index is 440. The van der Waals surface area contributed by atoms with E-state index in [1.54, 1.807) is 0 Å². The first-order valence-electron chi connectivity index (χ1n) is 7.38. The summed E-state index contributed by atoms with van der Waals surface area (Å²) in [5, 5.41) is 0. The summed E-state index contributed by atoms with van der Waals surface area (Å²) in [5.41, 5.74) is 0.386. The van der Waals surface area contributed by atoms with Gasteiger partial charge in [-0.25, -0.2) is 0 Å². The minimum Gasteiger partial charge on any atom is -0.468 e. The van der Waals surface area contributed by atoms with Crippen LogP contribution in [0.5, 0.6) is 5.75 Å². The number of hydrogen-bond donors (Lipinski definition) is 0. The van der Waals surface area contributed by atoms with Crippen molar-refractivity contribution in [3.05, 3.63) is 30.3 Å². The van der Waals surface area contributed by atoms with Gasteiger partial charge in [0.2, 0.25) is 0 Å². The summed E-state index contributed by atoms with van der Waals surface area (Å²) >= 11 is 0. The number of benzene rings is 1. The van der Waals surface area contributed by atoms with Crippen LogP contribution in [0.3, 0.4) is 0 Å². The molecule has 2 heteroatoms. The second-order valence-electron chi connectivity index (χ2n) is 6.77. The van der Waals surface area contributed by atoms with Gasteiger partial charge in [-0.1, -0.05) is 45.4 Å². The van der Waals surface area contributed by atoms with Gasteiger partial charge in [-0.2, -0.15) is 0 Å². The average Bonchev–Trinajstić information content (AvgIpc) is 2.86. The van der Waals surface area contributed by atoms with E-state index in [4.69, 9.17) is 9.47 Å². The van der Waals surface area contributed by atoms with Crippen LogP contribution >= 0.6 is 0 Å². The van der Waals surface area contributed by atoms with Crippen molar-refractivity contribution in [1.29, 1.82) is 0 Å². The van der Waals surface area contributed by atoms with Gasteiger partial charge in [0.1, 0.15) is 5.75 Å². The third kappa shape index (κ3) is 2.06. The van der Waals surface area contributed by atoms with Crippen molar-refractivity contribution < 1.29 is 9.47 Å². The first-order valence-corrected chi connectivity index (χ1v) is 7.38. The number of rotatable bonds is 4. The van der Waals surface area contributed by atoms with Gasteiger partial charge in [-0.05, 0) is 42.2 Å². The number of fused-ring (bicyclic) bond motifs is 1. The SMILES string of the molecule is CC1CCC2C(C)(C)C2(OCOc2ccccc2)C1. The van der Waals surface area contributed by atoms with E-state index in [-0.39, 0.29) is 5.60 Å². The van der Waals surface area contributed by atoms with Crippen molar-refractivity contribution >= 4 is 0 Å². The lowest BCUT2D eigenvalue weighted by Gasteiger charge is -2.28. The number of ether oxygens (including phenoxy) is 2. The molecule has 0 amide bonds. The summed E-state index contributed by atoms with van der Waals surface area (Å²) in [4.78, 5) is 0. The van der Waals surface area contributed by atoms with Gasteiger partial charge in [0.15, 0.2) is 6.79 Å². The first kappa shape index (κ1) is 13.0. The Kier molecular flexibility index (Phi) is 3.09. The molecule has 0 bridgehead atoms. The van der Waals surface area contributed by atoms with Crippen molar-refractivity contribution in [3.63, 3.8) is 0 Å². The third-order valence-corrected chi connectivity index (χ3v) is 5.33. The molecule has 2 aliphatic carbocycles.